The van der Waals surface area contributed by atoms with Crippen molar-refractivity contribution in [1.82, 2.24) is 9.21 Å². The van der Waals surface area contributed by atoms with Gasteiger partial charge in [-0.1, -0.05) is 30.1 Å². The minimum absolute atomic E-state index is 0.224. The van der Waals surface area contributed by atoms with Crippen molar-refractivity contribution >= 4 is 33.2 Å². The van der Waals surface area contributed by atoms with Gasteiger partial charge in [-0.15, -0.1) is 0 Å². The zero-order valence-corrected chi connectivity index (χ0v) is 16.2. The number of sulfonamides is 1. The van der Waals surface area contributed by atoms with Crippen LogP contribution in [-0.2, 0) is 10.0 Å². The molecular formula is C17H24Cl2N2O2S. The van der Waals surface area contributed by atoms with Gasteiger partial charge in [0, 0.05) is 19.1 Å². The first-order valence-electron chi connectivity index (χ1n) is 8.57. The van der Waals surface area contributed by atoms with Crippen LogP contribution in [0.2, 0.25) is 10.0 Å². The number of nitrogens with zero attached hydrogens (tertiary/aromatic N) is 2. The van der Waals surface area contributed by atoms with Crippen LogP contribution >= 0.6 is 23.2 Å². The van der Waals surface area contributed by atoms with Gasteiger partial charge in [-0.3, -0.25) is 0 Å². The third-order valence-electron chi connectivity index (χ3n) is 5.29. The summed E-state index contributed by atoms with van der Waals surface area (Å²) in [6, 6.07) is 5.02. The summed E-state index contributed by atoms with van der Waals surface area (Å²) >= 11 is 11.9. The first kappa shape index (κ1) is 18.5. The fraction of sp³-hybridized carbons (Fsp3) is 0.647. The van der Waals surface area contributed by atoms with E-state index in [0.717, 1.165) is 31.8 Å². The van der Waals surface area contributed by atoms with E-state index in [1.165, 1.54) is 25.0 Å². The first-order chi connectivity index (χ1) is 11.4. The Morgan fingerprint density at radius 3 is 2.17 bits per heavy atom. The molecule has 0 atom stereocenters. The summed E-state index contributed by atoms with van der Waals surface area (Å²) in [7, 11) is -3.49. The van der Waals surface area contributed by atoms with Gasteiger partial charge in [0.2, 0.25) is 10.0 Å². The summed E-state index contributed by atoms with van der Waals surface area (Å²) in [5, 5.41) is 0.642. The summed E-state index contributed by atoms with van der Waals surface area (Å²) in [5.41, 5.74) is 0. The molecule has 3 rings (SSSR count). The van der Waals surface area contributed by atoms with Crippen molar-refractivity contribution in [3.8, 4) is 0 Å². The SMILES string of the molecule is CC1CCN(C2CCN(S(=O)(=O)c3ccc(Cl)c(Cl)c3)CC2)CC1. The second kappa shape index (κ2) is 7.50. The van der Waals surface area contributed by atoms with Crippen molar-refractivity contribution in [2.45, 2.75) is 43.5 Å². The molecule has 2 heterocycles. The lowest BCUT2D eigenvalue weighted by atomic mass is 9.95. The molecule has 0 spiro atoms. The van der Waals surface area contributed by atoms with E-state index in [2.05, 4.69) is 11.8 Å². The summed E-state index contributed by atoms with van der Waals surface area (Å²) in [4.78, 5) is 2.77. The molecule has 7 heteroatoms. The lowest BCUT2D eigenvalue weighted by Gasteiger charge is -2.41. The van der Waals surface area contributed by atoms with Crippen LogP contribution < -0.4 is 0 Å². The van der Waals surface area contributed by atoms with Crippen molar-refractivity contribution in [1.29, 1.82) is 0 Å². The van der Waals surface area contributed by atoms with Gasteiger partial charge in [0.25, 0.3) is 0 Å². The van der Waals surface area contributed by atoms with Gasteiger partial charge in [-0.05, 0) is 62.9 Å². The van der Waals surface area contributed by atoms with Gasteiger partial charge in [-0.2, -0.15) is 4.31 Å². The van der Waals surface area contributed by atoms with Crippen LogP contribution in [0.3, 0.4) is 0 Å². The predicted octanol–water partition coefficient (Wildman–Crippen LogP) is 3.88. The Morgan fingerprint density at radius 1 is 0.958 bits per heavy atom. The smallest absolute Gasteiger partial charge is 0.243 e. The summed E-state index contributed by atoms with van der Waals surface area (Å²) < 4.78 is 27.2. The van der Waals surface area contributed by atoms with Crippen LogP contribution in [0.15, 0.2) is 23.1 Å². The largest absolute Gasteiger partial charge is 0.300 e. The highest BCUT2D eigenvalue weighted by molar-refractivity contribution is 7.89. The van der Waals surface area contributed by atoms with E-state index < -0.39 is 10.0 Å². The Kier molecular flexibility index (Phi) is 5.77. The van der Waals surface area contributed by atoms with E-state index >= 15 is 0 Å². The van der Waals surface area contributed by atoms with Gasteiger partial charge >= 0.3 is 0 Å². The van der Waals surface area contributed by atoms with Crippen LogP contribution in [-0.4, -0.2) is 49.8 Å². The van der Waals surface area contributed by atoms with Crippen molar-refractivity contribution in [2.75, 3.05) is 26.2 Å². The van der Waals surface area contributed by atoms with Crippen LogP contribution in [0.25, 0.3) is 0 Å². The molecule has 1 aromatic rings. The molecule has 4 nitrogen and oxygen atoms in total. The fourth-order valence-electron chi connectivity index (χ4n) is 3.63. The van der Waals surface area contributed by atoms with E-state index in [9.17, 15) is 8.42 Å². The Morgan fingerprint density at radius 2 is 1.58 bits per heavy atom. The van der Waals surface area contributed by atoms with Gasteiger partial charge in [0.15, 0.2) is 0 Å². The average Bonchev–Trinajstić information content (AvgIpc) is 2.58. The van der Waals surface area contributed by atoms with Gasteiger partial charge in [-0.25, -0.2) is 8.42 Å². The zero-order chi connectivity index (χ0) is 17.3. The number of halogens is 2. The molecule has 0 bridgehead atoms. The number of hydrogen-bond acceptors (Lipinski definition) is 3. The highest BCUT2D eigenvalue weighted by Gasteiger charge is 2.32. The number of hydrogen-bond donors (Lipinski definition) is 0. The average molecular weight is 391 g/mol. The molecule has 2 aliphatic rings. The third-order valence-corrected chi connectivity index (χ3v) is 7.92. The molecule has 24 heavy (non-hydrogen) atoms. The molecule has 1 aromatic carbocycles. The maximum absolute atomic E-state index is 12.8. The van der Waals surface area contributed by atoms with Gasteiger partial charge < -0.3 is 4.90 Å². The van der Waals surface area contributed by atoms with E-state index in [1.807, 2.05) is 0 Å². The summed E-state index contributed by atoms with van der Waals surface area (Å²) in [6.45, 7) is 5.74. The quantitative estimate of drug-likeness (QED) is 0.785. The van der Waals surface area contributed by atoms with E-state index in [4.69, 9.17) is 23.2 Å². The minimum atomic E-state index is -3.49. The second-order valence-electron chi connectivity index (χ2n) is 6.93. The molecule has 134 valence electrons. The van der Waals surface area contributed by atoms with E-state index in [1.54, 1.807) is 10.4 Å². The molecule has 0 radical (unpaired) electrons. The number of piperidine rings is 2. The van der Waals surface area contributed by atoms with E-state index in [0.29, 0.717) is 24.2 Å². The van der Waals surface area contributed by atoms with Crippen molar-refractivity contribution in [3.05, 3.63) is 28.2 Å². The minimum Gasteiger partial charge on any atom is -0.300 e. The standard InChI is InChI=1S/C17H24Cl2N2O2S/c1-13-4-8-20(9-5-13)14-6-10-21(11-7-14)24(22,23)15-2-3-16(18)17(19)12-15/h2-3,12-14H,4-11H2,1H3. The second-order valence-corrected chi connectivity index (χ2v) is 9.68. The number of benzene rings is 1. The molecule has 0 unspecified atom stereocenters. The monoisotopic (exact) mass is 390 g/mol. The molecule has 0 saturated carbocycles. The Hall–Kier alpha value is -0.330. The van der Waals surface area contributed by atoms with Gasteiger partial charge in [0.05, 0.1) is 14.9 Å². The summed E-state index contributed by atoms with van der Waals surface area (Å²) in [5.74, 6) is 0.816. The highest BCUT2D eigenvalue weighted by Crippen LogP contribution is 2.29. The number of likely N-dealkylation sites (tertiary alicyclic amines) is 1. The Bertz CT molecular complexity index is 680. The van der Waals surface area contributed by atoms with E-state index in [-0.39, 0.29) is 9.92 Å². The lowest BCUT2D eigenvalue weighted by Crippen LogP contribution is -2.48. The molecule has 2 fully saturated rings. The maximum Gasteiger partial charge on any atom is 0.243 e. The molecule has 0 aromatic heterocycles. The first-order valence-corrected chi connectivity index (χ1v) is 10.8. The molecule has 0 aliphatic carbocycles. The maximum atomic E-state index is 12.8. The third kappa shape index (κ3) is 3.91. The molecule has 0 N–H and O–H groups in total. The Labute approximate surface area is 154 Å². The molecule has 2 aliphatic heterocycles. The fourth-order valence-corrected chi connectivity index (χ4v) is 5.49. The molecule has 0 amide bonds. The van der Waals surface area contributed by atoms with Crippen LogP contribution in [0.5, 0.6) is 0 Å². The Balaban J connectivity index is 1.64. The molecular weight excluding hydrogens is 367 g/mol. The highest BCUT2D eigenvalue weighted by atomic mass is 35.5. The van der Waals surface area contributed by atoms with Gasteiger partial charge in [0.1, 0.15) is 0 Å². The van der Waals surface area contributed by atoms with Crippen molar-refractivity contribution in [2.24, 2.45) is 5.92 Å². The molecule has 2 saturated heterocycles. The van der Waals surface area contributed by atoms with Crippen LogP contribution in [0.4, 0.5) is 0 Å². The van der Waals surface area contributed by atoms with Crippen LogP contribution in [0.1, 0.15) is 32.6 Å². The topological polar surface area (TPSA) is 40.6 Å². The van der Waals surface area contributed by atoms with Crippen molar-refractivity contribution in [3.63, 3.8) is 0 Å². The normalized spacial score (nSPS) is 22.8. The van der Waals surface area contributed by atoms with Crippen LogP contribution in [0, 0.1) is 5.92 Å². The number of rotatable bonds is 3. The zero-order valence-electron chi connectivity index (χ0n) is 13.9. The van der Waals surface area contributed by atoms with Crippen molar-refractivity contribution < 1.29 is 8.42 Å². The lowest BCUT2D eigenvalue weighted by molar-refractivity contribution is 0.101. The predicted molar refractivity (Wildman–Crippen MR) is 98.2 cm³/mol. The summed E-state index contributed by atoms with van der Waals surface area (Å²) in [6.07, 6.45) is 4.30.